The van der Waals surface area contributed by atoms with Gasteiger partial charge in [-0.15, -0.1) is 0 Å². The first-order valence-electron chi connectivity index (χ1n) is 5.23. The first-order chi connectivity index (χ1) is 9.11. The standard InChI is InChI=1S/C12H10ClN3O2S/c13-9-2-1-7(11(14)16-18)5-10(9)15-12(17)8-3-4-19-6-8/h1-6,18H,(H2,14,16)(H,15,17). The maximum absolute atomic E-state index is 11.9. The summed E-state index contributed by atoms with van der Waals surface area (Å²) in [6.07, 6.45) is 0. The van der Waals surface area contributed by atoms with Gasteiger partial charge in [-0.25, -0.2) is 0 Å². The van der Waals surface area contributed by atoms with Crippen LogP contribution in [0, 0.1) is 0 Å². The SMILES string of the molecule is NC(=NO)c1ccc(Cl)c(NC(=O)c2ccsc2)c1. The molecule has 0 aliphatic heterocycles. The minimum Gasteiger partial charge on any atom is -0.409 e. The molecule has 0 fully saturated rings. The van der Waals surface area contributed by atoms with Crippen LogP contribution in [0.2, 0.25) is 5.02 Å². The number of amides is 1. The summed E-state index contributed by atoms with van der Waals surface area (Å²) in [7, 11) is 0. The number of halogens is 1. The number of thiophene rings is 1. The highest BCUT2D eigenvalue weighted by molar-refractivity contribution is 7.08. The van der Waals surface area contributed by atoms with Crippen molar-refractivity contribution in [3.63, 3.8) is 0 Å². The fraction of sp³-hybridized carbons (Fsp3) is 0. The van der Waals surface area contributed by atoms with Crippen molar-refractivity contribution in [2.24, 2.45) is 10.9 Å². The highest BCUT2D eigenvalue weighted by Crippen LogP contribution is 2.24. The number of amidine groups is 1. The number of rotatable bonds is 3. The van der Waals surface area contributed by atoms with Crippen molar-refractivity contribution in [2.45, 2.75) is 0 Å². The summed E-state index contributed by atoms with van der Waals surface area (Å²) in [6.45, 7) is 0. The van der Waals surface area contributed by atoms with Crippen LogP contribution in [0.15, 0.2) is 40.2 Å². The Morgan fingerprint density at radius 2 is 2.16 bits per heavy atom. The molecule has 0 saturated heterocycles. The molecule has 4 N–H and O–H groups in total. The predicted molar refractivity (Wildman–Crippen MR) is 76.2 cm³/mol. The van der Waals surface area contributed by atoms with E-state index in [1.54, 1.807) is 29.6 Å². The Kier molecular flexibility index (Phi) is 4.03. The Balaban J connectivity index is 2.27. The van der Waals surface area contributed by atoms with Gasteiger partial charge >= 0.3 is 0 Å². The van der Waals surface area contributed by atoms with Crippen LogP contribution in [0.25, 0.3) is 0 Å². The first-order valence-corrected chi connectivity index (χ1v) is 6.55. The van der Waals surface area contributed by atoms with Crippen LogP contribution in [0.1, 0.15) is 15.9 Å². The molecule has 19 heavy (non-hydrogen) atoms. The number of carbonyl (C=O) groups is 1. The summed E-state index contributed by atoms with van der Waals surface area (Å²) in [4.78, 5) is 11.9. The molecular formula is C12H10ClN3O2S. The number of nitrogens with one attached hydrogen (secondary N) is 1. The molecule has 1 heterocycles. The molecule has 2 rings (SSSR count). The minimum atomic E-state index is -0.264. The van der Waals surface area contributed by atoms with Gasteiger partial charge in [0.25, 0.3) is 5.91 Å². The Morgan fingerprint density at radius 1 is 1.37 bits per heavy atom. The van der Waals surface area contributed by atoms with Crippen molar-refractivity contribution in [1.29, 1.82) is 0 Å². The monoisotopic (exact) mass is 295 g/mol. The zero-order valence-corrected chi connectivity index (χ0v) is 11.2. The third-order valence-corrected chi connectivity index (χ3v) is 3.41. The average Bonchev–Trinajstić information content (AvgIpc) is 2.94. The second kappa shape index (κ2) is 5.73. The number of hydrogen-bond acceptors (Lipinski definition) is 4. The number of hydrogen-bond donors (Lipinski definition) is 3. The topological polar surface area (TPSA) is 87.7 Å². The maximum Gasteiger partial charge on any atom is 0.256 e. The number of nitrogens with two attached hydrogens (primary N) is 1. The van der Waals surface area contributed by atoms with Gasteiger partial charge in [0.05, 0.1) is 16.3 Å². The Hall–Kier alpha value is -2.05. The van der Waals surface area contributed by atoms with Crippen molar-refractivity contribution in [3.8, 4) is 0 Å². The van der Waals surface area contributed by atoms with Gasteiger partial charge < -0.3 is 16.3 Å². The van der Waals surface area contributed by atoms with Crippen molar-refractivity contribution in [3.05, 3.63) is 51.2 Å². The van der Waals surface area contributed by atoms with Crippen LogP contribution in [0.4, 0.5) is 5.69 Å². The van der Waals surface area contributed by atoms with Crippen molar-refractivity contribution < 1.29 is 10.0 Å². The molecule has 0 unspecified atom stereocenters. The van der Waals surface area contributed by atoms with Gasteiger partial charge in [0.2, 0.25) is 0 Å². The normalized spacial score (nSPS) is 11.3. The average molecular weight is 296 g/mol. The number of benzene rings is 1. The number of oxime groups is 1. The van der Waals surface area contributed by atoms with Crippen LogP contribution >= 0.6 is 22.9 Å². The second-order valence-corrected chi connectivity index (χ2v) is 4.83. The predicted octanol–water partition coefficient (Wildman–Crippen LogP) is 2.75. The highest BCUT2D eigenvalue weighted by Gasteiger charge is 2.10. The zero-order valence-electron chi connectivity index (χ0n) is 9.63. The molecule has 2 aromatic rings. The maximum atomic E-state index is 11.9. The van der Waals surface area contributed by atoms with E-state index >= 15 is 0 Å². The lowest BCUT2D eigenvalue weighted by Crippen LogP contribution is -2.15. The van der Waals surface area contributed by atoms with E-state index in [-0.39, 0.29) is 11.7 Å². The number of anilines is 1. The van der Waals surface area contributed by atoms with Crippen LogP contribution in [0.5, 0.6) is 0 Å². The number of carbonyl (C=O) groups excluding carboxylic acids is 1. The van der Waals surface area contributed by atoms with E-state index < -0.39 is 0 Å². The molecule has 0 radical (unpaired) electrons. The molecule has 0 aliphatic carbocycles. The summed E-state index contributed by atoms with van der Waals surface area (Å²) < 4.78 is 0. The molecule has 0 bridgehead atoms. The van der Waals surface area contributed by atoms with E-state index in [4.69, 9.17) is 22.5 Å². The molecule has 0 spiro atoms. The lowest BCUT2D eigenvalue weighted by Gasteiger charge is -2.08. The van der Waals surface area contributed by atoms with E-state index in [2.05, 4.69) is 10.5 Å². The first kappa shape index (κ1) is 13.4. The van der Waals surface area contributed by atoms with Crippen LogP contribution in [0.3, 0.4) is 0 Å². The van der Waals surface area contributed by atoms with E-state index in [1.807, 2.05) is 5.38 Å². The van der Waals surface area contributed by atoms with Gasteiger partial charge in [-0.05, 0) is 29.6 Å². The Bertz CT molecular complexity index is 626. The molecule has 0 atom stereocenters. The van der Waals surface area contributed by atoms with Crippen molar-refractivity contribution in [1.82, 2.24) is 0 Å². The van der Waals surface area contributed by atoms with Gasteiger partial charge in [0, 0.05) is 10.9 Å². The third-order valence-electron chi connectivity index (χ3n) is 2.40. The molecule has 1 aromatic heterocycles. The van der Waals surface area contributed by atoms with Crippen LogP contribution < -0.4 is 11.1 Å². The second-order valence-electron chi connectivity index (χ2n) is 3.65. The lowest BCUT2D eigenvalue weighted by atomic mass is 10.2. The number of nitrogens with zero attached hydrogens (tertiary/aromatic N) is 1. The molecule has 7 heteroatoms. The van der Waals surface area contributed by atoms with Gasteiger partial charge in [0.1, 0.15) is 0 Å². The minimum absolute atomic E-state index is 0.0531. The summed E-state index contributed by atoms with van der Waals surface area (Å²) >= 11 is 7.42. The van der Waals surface area contributed by atoms with E-state index in [0.29, 0.717) is 21.8 Å². The quantitative estimate of drug-likeness (QED) is 0.352. The largest absolute Gasteiger partial charge is 0.409 e. The Labute approximate surface area is 118 Å². The van der Waals surface area contributed by atoms with E-state index in [1.165, 1.54) is 11.3 Å². The Morgan fingerprint density at radius 3 is 2.79 bits per heavy atom. The van der Waals surface area contributed by atoms with Gasteiger partial charge in [-0.1, -0.05) is 16.8 Å². The van der Waals surface area contributed by atoms with Crippen LogP contribution in [-0.2, 0) is 0 Å². The van der Waals surface area contributed by atoms with Gasteiger partial charge in [-0.3, -0.25) is 4.79 Å². The lowest BCUT2D eigenvalue weighted by molar-refractivity contribution is 0.102. The molecular weight excluding hydrogens is 286 g/mol. The summed E-state index contributed by atoms with van der Waals surface area (Å²) in [6, 6.07) is 6.42. The third kappa shape index (κ3) is 3.04. The summed E-state index contributed by atoms with van der Waals surface area (Å²) in [5.74, 6) is -0.317. The van der Waals surface area contributed by atoms with Gasteiger partial charge in [-0.2, -0.15) is 11.3 Å². The van der Waals surface area contributed by atoms with Gasteiger partial charge in [0.15, 0.2) is 5.84 Å². The molecule has 1 amide bonds. The molecule has 0 aliphatic rings. The van der Waals surface area contributed by atoms with Crippen LogP contribution in [-0.4, -0.2) is 17.0 Å². The van der Waals surface area contributed by atoms with E-state index in [9.17, 15) is 4.79 Å². The summed E-state index contributed by atoms with van der Waals surface area (Å²) in [5.41, 5.74) is 6.91. The zero-order chi connectivity index (χ0) is 13.8. The fourth-order valence-electron chi connectivity index (χ4n) is 1.43. The van der Waals surface area contributed by atoms with E-state index in [0.717, 1.165) is 0 Å². The summed E-state index contributed by atoms with van der Waals surface area (Å²) in [5, 5.41) is 18.1. The molecule has 98 valence electrons. The van der Waals surface area contributed by atoms with Crippen molar-refractivity contribution >= 4 is 40.4 Å². The molecule has 0 saturated carbocycles. The molecule has 5 nitrogen and oxygen atoms in total. The molecule has 1 aromatic carbocycles. The smallest absolute Gasteiger partial charge is 0.256 e. The fourth-order valence-corrected chi connectivity index (χ4v) is 2.23. The van der Waals surface area contributed by atoms with Crippen molar-refractivity contribution in [2.75, 3.05) is 5.32 Å². The highest BCUT2D eigenvalue weighted by atomic mass is 35.5.